The maximum Gasteiger partial charge on any atom is 0.255 e. The number of carbonyl (C=O) groups is 2. The topological polar surface area (TPSA) is 79.5 Å². The van der Waals surface area contributed by atoms with Crippen molar-refractivity contribution in [2.75, 3.05) is 17.7 Å². The molecule has 3 rings (SSSR count). The summed E-state index contributed by atoms with van der Waals surface area (Å²) >= 11 is 5.23. The summed E-state index contributed by atoms with van der Waals surface area (Å²) in [6.07, 6.45) is 3.05. The molecule has 2 amide bonds. The molecule has 0 saturated carbocycles. The van der Waals surface area contributed by atoms with Crippen LogP contribution in [0.25, 0.3) is 6.08 Å². The van der Waals surface area contributed by atoms with E-state index >= 15 is 0 Å². The van der Waals surface area contributed by atoms with Gasteiger partial charge in [0.25, 0.3) is 5.91 Å². The van der Waals surface area contributed by atoms with Gasteiger partial charge in [0.2, 0.25) is 5.91 Å². The van der Waals surface area contributed by atoms with E-state index in [1.165, 1.54) is 6.08 Å². The number of benzene rings is 3. The number of aryl methyl sites for hydroxylation is 1. The van der Waals surface area contributed by atoms with Crippen molar-refractivity contribution in [3.63, 3.8) is 0 Å². The third-order valence-corrected chi connectivity index (χ3v) is 4.76. The summed E-state index contributed by atoms with van der Waals surface area (Å²) in [5, 5.41) is 8.64. The summed E-state index contributed by atoms with van der Waals surface area (Å²) in [6, 6.07) is 21.8. The van der Waals surface area contributed by atoms with Gasteiger partial charge in [0.1, 0.15) is 5.75 Å². The standard InChI is InChI=1S/C25H23N3O3S/c1-17-16-20(13-14-21(17)27-24(30)19-9-4-3-5-10-19)26-25(32)28-23(29)15-12-18-8-6-7-11-22(18)31-2/h3-16H,1-2H3,(H,27,30)(H2,26,28,29,32)/b15-12+. The van der Waals surface area contributed by atoms with Crippen LogP contribution in [0.1, 0.15) is 21.5 Å². The number of nitrogens with one attached hydrogen (secondary N) is 3. The van der Waals surface area contributed by atoms with Crippen molar-refractivity contribution in [1.29, 1.82) is 0 Å². The Balaban J connectivity index is 1.57. The molecule has 32 heavy (non-hydrogen) atoms. The number of rotatable bonds is 6. The van der Waals surface area contributed by atoms with E-state index in [9.17, 15) is 9.59 Å². The van der Waals surface area contributed by atoms with Crippen LogP contribution in [0, 0.1) is 6.92 Å². The number of ether oxygens (including phenoxy) is 1. The lowest BCUT2D eigenvalue weighted by Gasteiger charge is -2.12. The van der Waals surface area contributed by atoms with Crippen molar-refractivity contribution in [1.82, 2.24) is 5.32 Å². The first-order chi connectivity index (χ1) is 15.5. The highest BCUT2D eigenvalue weighted by Gasteiger charge is 2.09. The highest BCUT2D eigenvalue weighted by Crippen LogP contribution is 2.21. The predicted molar refractivity (Wildman–Crippen MR) is 132 cm³/mol. The Morgan fingerprint density at radius 1 is 0.938 bits per heavy atom. The Morgan fingerprint density at radius 3 is 2.38 bits per heavy atom. The summed E-state index contributed by atoms with van der Waals surface area (Å²) in [5.41, 5.74) is 3.61. The second-order valence-corrected chi connectivity index (χ2v) is 7.28. The van der Waals surface area contributed by atoms with Gasteiger partial charge < -0.3 is 15.4 Å². The largest absolute Gasteiger partial charge is 0.496 e. The van der Waals surface area contributed by atoms with Crippen LogP contribution < -0.4 is 20.7 Å². The van der Waals surface area contributed by atoms with Crippen LogP contribution in [-0.2, 0) is 4.79 Å². The van der Waals surface area contributed by atoms with Gasteiger partial charge in [0, 0.05) is 28.6 Å². The molecule has 0 saturated heterocycles. The van der Waals surface area contributed by atoms with Crippen molar-refractivity contribution < 1.29 is 14.3 Å². The van der Waals surface area contributed by atoms with Crippen molar-refractivity contribution in [3.05, 3.63) is 95.6 Å². The molecule has 0 spiro atoms. The second-order valence-electron chi connectivity index (χ2n) is 6.87. The lowest BCUT2D eigenvalue weighted by molar-refractivity contribution is -0.115. The van der Waals surface area contributed by atoms with E-state index in [-0.39, 0.29) is 16.9 Å². The number of carbonyl (C=O) groups excluding carboxylic acids is 2. The molecule has 0 bridgehead atoms. The van der Waals surface area contributed by atoms with E-state index in [2.05, 4.69) is 16.0 Å². The smallest absolute Gasteiger partial charge is 0.255 e. The van der Waals surface area contributed by atoms with E-state index in [0.717, 1.165) is 11.1 Å². The maximum absolute atomic E-state index is 12.3. The first-order valence-electron chi connectivity index (χ1n) is 9.86. The minimum absolute atomic E-state index is 0.167. The molecule has 7 heteroatoms. The van der Waals surface area contributed by atoms with Crippen molar-refractivity contribution >= 4 is 46.6 Å². The van der Waals surface area contributed by atoms with Gasteiger partial charge in [-0.2, -0.15) is 0 Å². The van der Waals surface area contributed by atoms with Crippen molar-refractivity contribution in [3.8, 4) is 5.75 Å². The second kappa shape index (κ2) is 10.9. The zero-order valence-corrected chi connectivity index (χ0v) is 18.5. The Labute approximate surface area is 192 Å². The molecule has 3 N–H and O–H groups in total. The molecular formula is C25H23N3O3S. The van der Waals surface area contributed by atoms with Crippen LogP contribution >= 0.6 is 12.2 Å². The molecule has 0 aliphatic carbocycles. The molecule has 0 radical (unpaired) electrons. The SMILES string of the molecule is COc1ccccc1/C=C/C(=O)NC(=S)Nc1ccc(NC(=O)c2ccccc2)c(C)c1. The maximum atomic E-state index is 12.3. The monoisotopic (exact) mass is 445 g/mol. The molecule has 0 atom stereocenters. The summed E-state index contributed by atoms with van der Waals surface area (Å²) in [5.74, 6) is 0.128. The lowest BCUT2D eigenvalue weighted by Crippen LogP contribution is -2.32. The normalized spacial score (nSPS) is 10.4. The molecule has 3 aromatic carbocycles. The fraction of sp³-hybridized carbons (Fsp3) is 0.0800. The zero-order chi connectivity index (χ0) is 22.9. The Kier molecular flexibility index (Phi) is 7.72. The summed E-state index contributed by atoms with van der Waals surface area (Å²) in [4.78, 5) is 24.5. The van der Waals surface area contributed by atoms with Crippen LogP contribution in [0.4, 0.5) is 11.4 Å². The van der Waals surface area contributed by atoms with Gasteiger partial charge >= 0.3 is 0 Å². The zero-order valence-electron chi connectivity index (χ0n) is 17.7. The highest BCUT2D eigenvalue weighted by atomic mass is 32.1. The molecule has 0 aromatic heterocycles. The van der Waals surface area contributed by atoms with Gasteiger partial charge in [0.15, 0.2) is 5.11 Å². The van der Waals surface area contributed by atoms with E-state index < -0.39 is 0 Å². The minimum atomic E-state index is -0.364. The molecule has 162 valence electrons. The van der Waals surface area contributed by atoms with Crippen molar-refractivity contribution in [2.45, 2.75) is 6.92 Å². The molecule has 0 aliphatic rings. The molecule has 0 fully saturated rings. The van der Waals surface area contributed by atoms with Gasteiger partial charge in [0.05, 0.1) is 7.11 Å². The Morgan fingerprint density at radius 2 is 1.66 bits per heavy atom. The van der Waals surface area contributed by atoms with Gasteiger partial charge in [-0.25, -0.2) is 0 Å². The third-order valence-electron chi connectivity index (χ3n) is 4.56. The molecule has 0 heterocycles. The van der Waals surface area contributed by atoms with E-state index in [0.29, 0.717) is 22.7 Å². The van der Waals surface area contributed by atoms with E-state index in [4.69, 9.17) is 17.0 Å². The van der Waals surface area contributed by atoms with Crippen LogP contribution in [0.3, 0.4) is 0 Å². The molecule has 6 nitrogen and oxygen atoms in total. The van der Waals surface area contributed by atoms with Gasteiger partial charge in [-0.15, -0.1) is 0 Å². The number of hydrogen-bond acceptors (Lipinski definition) is 4. The first kappa shape index (κ1) is 22.7. The minimum Gasteiger partial charge on any atom is -0.496 e. The first-order valence-corrected chi connectivity index (χ1v) is 10.3. The summed E-state index contributed by atoms with van der Waals surface area (Å²) in [6.45, 7) is 1.88. The Hall–Kier alpha value is -3.97. The fourth-order valence-corrected chi connectivity index (χ4v) is 3.17. The highest BCUT2D eigenvalue weighted by molar-refractivity contribution is 7.80. The number of thiocarbonyl (C=S) groups is 1. The average Bonchev–Trinajstić information content (AvgIpc) is 2.80. The summed E-state index contributed by atoms with van der Waals surface area (Å²) < 4.78 is 5.26. The fourth-order valence-electron chi connectivity index (χ4n) is 2.95. The summed E-state index contributed by atoms with van der Waals surface area (Å²) in [7, 11) is 1.58. The number of hydrogen-bond donors (Lipinski definition) is 3. The number of para-hydroxylation sites is 1. The third kappa shape index (κ3) is 6.26. The van der Waals surface area contributed by atoms with E-state index in [1.807, 2.05) is 55.5 Å². The Bertz CT molecular complexity index is 1160. The molecule has 0 unspecified atom stereocenters. The van der Waals surface area contributed by atoms with Gasteiger partial charge in [-0.1, -0.05) is 36.4 Å². The number of amides is 2. The molecule has 3 aromatic rings. The van der Waals surface area contributed by atoms with E-state index in [1.54, 1.807) is 37.5 Å². The number of anilines is 2. The van der Waals surface area contributed by atoms with Gasteiger partial charge in [-0.05, 0) is 67.2 Å². The van der Waals surface area contributed by atoms with Crippen LogP contribution in [-0.4, -0.2) is 24.0 Å². The van der Waals surface area contributed by atoms with Gasteiger partial charge in [-0.3, -0.25) is 14.9 Å². The average molecular weight is 446 g/mol. The predicted octanol–water partition coefficient (Wildman–Crippen LogP) is 4.78. The lowest BCUT2D eigenvalue weighted by atomic mass is 10.1. The van der Waals surface area contributed by atoms with Crippen LogP contribution in [0.5, 0.6) is 5.75 Å². The van der Waals surface area contributed by atoms with Crippen molar-refractivity contribution in [2.24, 2.45) is 0 Å². The van der Waals surface area contributed by atoms with Crippen LogP contribution in [0.2, 0.25) is 0 Å². The van der Waals surface area contributed by atoms with Crippen LogP contribution in [0.15, 0.2) is 78.9 Å². The molecule has 0 aliphatic heterocycles. The quantitative estimate of drug-likeness (QED) is 0.376. The molecular weight excluding hydrogens is 422 g/mol. The number of methoxy groups -OCH3 is 1.